The van der Waals surface area contributed by atoms with E-state index in [1.807, 2.05) is 0 Å². The van der Waals surface area contributed by atoms with Gasteiger partial charge in [-0.2, -0.15) is 0 Å². The minimum atomic E-state index is -0.0742. The van der Waals surface area contributed by atoms with Crippen LogP contribution < -0.4 is 5.32 Å². The molecule has 0 saturated carbocycles. The molecule has 5 nitrogen and oxygen atoms in total. The fourth-order valence-corrected chi connectivity index (χ4v) is 2.66. The van der Waals surface area contributed by atoms with Crippen molar-refractivity contribution in [2.75, 3.05) is 19.7 Å². The quantitative estimate of drug-likeness (QED) is 0.750. The van der Waals surface area contributed by atoms with Gasteiger partial charge >= 0.3 is 0 Å². The molecule has 0 aliphatic carbocycles. The SMILES string of the molecule is CC1(C)C[C@@H](NCCN2C(=O)CCC2=O)CCO1. The molecule has 0 spiro atoms. The third-order valence-corrected chi connectivity index (χ3v) is 3.62. The predicted molar refractivity (Wildman–Crippen MR) is 67.0 cm³/mol. The van der Waals surface area contributed by atoms with Crippen LogP contribution in [0.25, 0.3) is 0 Å². The van der Waals surface area contributed by atoms with Gasteiger partial charge in [0.05, 0.1) is 5.60 Å². The van der Waals surface area contributed by atoms with Crippen molar-refractivity contribution in [1.82, 2.24) is 10.2 Å². The van der Waals surface area contributed by atoms with Gasteiger partial charge in [-0.1, -0.05) is 0 Å². The van der Waals surface area contributed by atoms with E-state index in [0.29, 0.717) is 32.0 Å². The molecule has 1 atom stereocenters. The van der Waals surface area contributed by atoms with Crippen molar-refractivity contribution in [3.63, 3.8) is 0 Å². The largest absolute Gasteiger partial charge is 0.375 e. The van der Waals surface area contributed by atoms with E-state index in [4.69, 9.17) is 4.74 Å². The number of hydrogen-bond donors (Lipinski definition) is 1. The van der Waals surface area contributed by atoms with Crippen LogP contribution in [0.3, 0.4) is 0 Å². The number of nitrogens with one attached hydrogen (secondary N) is 1. The van der Waals surface area contributed by atoms with Crippen LogP contribution in [0.2, 0.25) is 0 Å². The molecule has 0 radical (unpaired) electrons. The maximum absolute atomic E-state index is 11.4. The van der Waals surface area contributed by atoms with Gasteiger partial charge in [0, 0.05) is 38.6 Å². The second-order valence-corrected chi connectivity index (χ2v) is 5.69. The third kappa shape index (κ3) is 3.29. The van der Waals surface area contributed by atoms with Crippen molar-refractivity contribution in [2.24, 2.45) is 0 Å². The van der Waals surface area contributed by atoms with Crippen LogP contribution in [0.15, 0.2) is 0 Å². The summed E-state index contributed by atoms with van der Waals surface area (Å²) in [5.74, 6) is -0.0665. The highest BCUT2D eigenvalue weighted by Crippen LogP contribution is 2.23. The lowest BCUT2D eigenvalue weighted by molar-refractivity contribution is -0.138. The highest BCUT2D eigenvalue weighted by Gasteiger charge is 2.30. The van der Waals surface area contributed by atoms with Gasteiger partial charge in [0.2, 0.25) is 11.8 Å². The van der Waals surface area contributed by atoms with E-state index in [0.717, 1.165) is 19.4 Å². The molecule has 2 saturated heterocycles. The minimum absolute atomic E-state index is 0.0332. The van der Waals surface area contributed by atoms with Crippen LogP contribution in [0, 0.1) is 0 Å². The fourth-order valence-electron chi connectivity index (χ4n) is 2.66. The standard InChI is InChI=1S/C13H22N2O3/c1-13(2)9-10(5-8-18-13)14-6-7-15-11(16)3-4-12(15)17/h10,14H,3-9H2,1-2H3/t10-/m0/s1. The lowest BCUT2D eigenvalue weighted by Crippen LogP contribution is -2.46. The van der Waals surface area contributed by atoms with Gasteiger partial charge in [-0.3, -0.25) is 14.5 Å². The molecule has 0 bridgehead atoms. The van der Waals surface area contributed by atoms with E-state index in [1.165, 1.54) is 4.90 Å². The van der Waals surface area contributed by atoms with E-state index >= 15 is 0 Å². The van der Waals surface area contributed by atoms with Crippen molar-refractivity contribution in [3.05, 3.63) is 0 Å². The van der Waals surface area contributed by atoms with Crippen LogP contribution in [-0.4, -0.2) is 48.1 Å². The molecular weight excluding hydrogens is 232 g/mol. The molecule has 5 heteroatoms. The van der Waals surface area contributed by atoms with E-state index in [9.17, 15) is 9.59 Å². The fraction of sp³-hybridized carbons (Fsp3) is 0.846. The van der Waals surface area contributed by atoms with Crippen LogP contribution in [0.1, 0.15) is 39.5 Å². The number of carbonyl (C=O) groups is 2. The van der Waals surface area contributed by atoms with Gasteiger partial charge in [0.25, 0.3) is 0 Å². The number of carbonyl (C=O) groups excluding carboxylic acids is 2. The average molecular weight is 254 g/mol. The lowest BCUT2D eigenvalue weighted by Gasteiger charge is -2.36. The summed E-state index contributed by atoms with van der Waals surface area (Å²) < 4.78 is 5.65. The summed E-state index contributed by atoms with van der Waals surface area (Å²) >= 11 is 0. The number of hydrogen-bond acceptors (Lipinski definition) is 4. The highest BCUT2D eigenvalue weighted by atomic mass is 16.5. The highest BCUT2D eigenvalue weighted by molar-refractivity contribution is 6.01. The monoisotopic (exact) mass is 254 g/mol. The zero-order chi connectivity index (χ0) is 13.2. The maximum Gasteiger partial charge on any atom is 0.229 e. The van der Waals surface area contributed by atoms with Gasteiger partial charge in [0.15, 0.2) is 0 Å². The number of nitrogens with zero attached hydrogens (tertiary/aromatic N) is 1. The average Bonchev–Trinajstić information content (AvgIpc) is 2.59. The summed E-state index contributed by atoms with van der Waals surface area (Å²) in [6.45, 7) is 6.13. The Hall–Kier alpha value is -0.940. The van der Waals surface area contributed by atoms with Crippen LogP contribution >= 0.6 is 0 Å². The van der Waals surface area contributed by atoms with E-state index < -0.39 is 0 Å². The third-order valence-electron chi connectivity index (χ3n) is 3.62. The molecule has 2 fully saturated rings. The molecule has 2 aliphatic rings. The van der Waals surface area contributed by atoms with Crippen molar-refractivity contribution >= 4 is 11.8 Å². The number of ether oxygens (including phenoxy) is 1. The zero-order valence-electron chi connectivity index (χ0n) is 11.2. The topological polar surface area (TPSA) is 58.6 Å². The molecule has 2 aliphatic heterocycles. The smallest absolute Gasteiger partial charge is 0.229 e. The Morgan fingerprint density at radius 1 is 1.33 bits per heavy atom. The van der Waals surface area contributed by atoms with Crippen LogP contribution in [-0.2, 0) is 14.3 Å². The normalized spacial score (nSPS) is 27.9. The van der Waals surface area contributed by atoms with Gasteiger partial charge in [-0.05, 0) is 26.7 Å². The van der Waals surface area contributed by atoms with E-state index in [1.54, 1.807) is 0 Å². The second-order valence-electron chi connectivity index (χ2n) is 5.69. The molecule has 0 unspecified atom stereocenters. The summed E-state index contributed by atoms with van der Waals surface area (Å²) in [6.07, 6.45) is 2.71. The van der Waals surface area contributed by atoms with Crippen molar-refractivity contribution in [3.8, 4) is 0 Å². The second kappa shape index (κ2) is 5.36. The number of imide groups is 1. The molecule has 18 heavy (non-hydrogen) atoms. The Balaban J connectivity index is 1.72. The van der Waals surface area contributed by atoms with E-state index in [-0.39, 0.29) is 17.4 Å². The first-order chi connectivity index (χ1) is 8.48. The number of rotatable bonds is 4. The summed E-state index contributed by atoms with van der Waals surface area (Å²) in [4.78, 5) is 24.2. The Labute approximate surface area is 108 Å². The van der Waals surface area contributed by atoms with Crippen molar-refractivity contribution in [2.45, 2.75) is 51.2 Å². The number of likely N-dealkylation sites (tertiary alicyclic amines) is 1. The van der Waals surface area contributed by atoms with Gasteiger partial charge < -0.3 is 10.1 Å². The van der Waals surface area contributed by atoms with Gasteiger partial charge in [-0.25, -0.2) is 0 Å². The molecule has 0 aromatic carbocycles. The predicted octanol–water partition coefficient (Wildman–Crippen LogP) is 0.683. The summed E-state index contributed by atoms with van der Waals surface area (Å²) in [7, 11) is 0. The van der Waals surface area contributed by atoms with Crippen molar-refractivity contribution in [1.29, 1.82) is 0 Å². The first kappa shape index (κ1) is 13.5. The first-order valence-electron chi connectivity index (χ1n) is 6.68. The maximum atomic E-state index is 11.4. The van der Waals surface area contributed by atoms with Gasteiger partial charge in [0.1, 0.15) is 0 Å². The minimum Gasteiger partial charge on any atom is -0.375 e. The van der Waals surface area contributed by atoms with E-state index in [2.05, 4.69) is 19.2 Å². The zero-order valence-corrected chi connectivity index (χ0v) is 11.2. The Kier molecular flexibility index (Phi) is 4.02. The molecule has 2 heterocycles. The summed E-state index contributed by atoms with van der Waals surface area (Å²) in [5, 5.41) is 3.42. The van der Waals surface area contributed by atoms with Crippen LogP contribution in [0.4, 0.5) is 0 Å². The first-order valence-corrected chi connectivity index (χ1v) is 6.68. The molecule has 0 aromatic rings. The number of amides is 2. The molecule has 0 aromatic heterocycles. The molecule has 2 amide bonds. The Morgan fingerprint density at radius 2 is 2.00 bits per heavy atom. The summed E-state index contributed by atoms with van der Waals surface area (Å²) in [5.41, 5.74) is -0.0742. The van der Waals surface area contributed by atoms with Crippen molar-refractivity contribution < 1.29 is 14.3 Å². The molecule has 102 valence electrons. The lowest BCUT2D eigenvalue weighted by atomic mass is 9.94. The van der Waals surface area contributed by atoms with Gasteiger partial charge in [-0.15, -0.1) is 0 Å². The summed E-state index contributed by atoms with van der Waals surface area (Å²) in [6, 6.07) is 0.418. The molecule has 2 rings (SSSR count). The Bertz CT molecular complexity index is 325. The Morgan fingerprint density at radius 3 is 2.61 bits per heavy atom. The molecular formula is C13H22N2O3. The van der Waals surface area contributed by atoms with Crippen LogP contribution in [0.5, 0.6) is 0 Å². The molecule has 1 N–H and O–H groups in total.